The molecule has 0 saturated heterocycles. The molecular weight excluding hydrogens is 885 g/mol. The molecule has 21 nitrogen and oxygen atoms in total. The molecule has 0 fully saturated rings. The molecule has 0 aliphatic rings. The third-order valence-electron chi connectivity index (χ3n) is 10.4. The number of amides is 6. The number of nitrogens with two attached hydrogens (primary N) is 3. The summed E-state index contributed by atoms with van der Waals surface area (Å²) in [6, 6.07) is 8.64. The van der Waals surface area contributed by atoms with E-state index < -0.39 is 89.8 Å². The van der Waals surface area contributed by atoms with Crippen molar-refractivity contribution in [3.8, 4) is 0 Å². The van der Waals surface area contributed by atoms with Gasteiger partial charge in [0.05, 0.1) is 12.4 Å². The molecule has 3 rings (SSSR count). The van der Waals surface area contributed by atoms with Crippen LogP contribution in [-0.2, 0) is 52.8 Å². The molecular formula is C45H66N12O9S. The van der Waals surface area contributed by atoms with E-state index in [4.69, 9.17) is 17.2 Å². The normalized spacial score (nSPS) is 14.7. The van der Waals surface area contributed by atoms with E-state index in [1.807, 2.05) is 20.1 Å². The third-order valence-corrected chi connectivity index (χ3v) is 11.1. The van der Waals surface area contributed by atoms with Gasteiger partial charge in [-0.05, 0) is 61.7 Å². The molecule has 0 spiro atoms. The summed E-state index contributed by atoms with van der Waals surface area (Å²) in [5, 5.41) is 35.9. The molecule has 0 unspecified atom stereocenters. The number of nitrogens with one attached hydrogen (secondary N) is 7. The number of rotatable bonds is 29. The summed E-state index contributed by atoms with van der Waals surface area (Å²) >= 11 is 1.42. The van der Waals surface area contributed by atoms with Crippen LogP contribution in [0.3, 0.4) is 0 Å². The number of aliphatic carboxylic acids is 1. The zero-order chi connectivity index (χ0) is 49.5. The molecule has 6 amide bonds. The fourth-order valence-electron chi connectivity index (χ4n) is 6.76. The maximum atomic E-state index is 14.4. The van der Waals surface area contributed by atoms with Crippen LogP contribution in [0.4, 0.5) is 0 Å². The number of aliphatic imine (C=N–C) groups is 1. The first-order valence-electron chi connectivity index (χ1n) is 22.0. The summed E-state index contributed by atoms with van der Waals surface area (Å²) < 4.78 is 0. The summed E-state index contributed by atoms with van der Waals surface area (Å²) in [6.07, 6.45) is 3.81. The van der Waals surface area contributed by atoms with E-state index in [2.05, 4.69) is 46.9 Å². The number of aliphatic hydroxyl groups is 1. The number of hydrogen-bond donors (Lipinski definition) is 12. The highest BCUT2D eigenvalue weighted by Gasteiger charge is 2.35. The van der Waals surface area contributed by atoms with Crippen LogP contribution in [0, 0.1) is 5.92 Å². The van der Waals surface area contributed by atoms with E-state index >= 15 is 0 Å². The second-order valence-electron chi connectivity index (χ2n) is 16.5. The summed E-state index contributed by atoms with van der Waals surface area (Å²) in [5.41, 5.74) is 18.4. The van der Waals surface area contributed by atoms with E-state index in [0.29, 0.717) is 22.6 Å². The van der Waals surface area contributed by atoms with Crippen molar-refractivity contribution in [3.63, 3.8) is 0 Å². The lowest BCUT2D eigenvalue weighted by atomic mass is 9.99. The molecule has 0 aliphatic heterocycles. The van der Waals surface area contributed by atoms with Crippen LogP contribution in [-0.4, -0.2) is 135 Å². The molecule has 8 atom stereocenters. The van der Waals surface area contributed by atoms with Gasteiger partial charge in [0.2, 0.25) is 35.4 Å². The number of carbonyl (C=O) groups excluding carboxylic acids is 6. The fourth-order valence-corrected chi connectivity index (χ4v) is 7.23. The lowest BCUT2D eigenvalue weighted by Gasteiger charge is -2.28. The summed E-state index contributed by atoms with van der Waals surface area (Å²) in [4.78, 5) is 107. The average molecular weight is 951 g/mol. The molecule has 1 aromatic heterocycles. The monoisotopic (exact) mass is 950 g/mol. The zero-order valence-electron chi connectivity index (χ0n) is 38.3. The topological polar surface area (TPSA) is 351 Å². The maximum Gasteiger partial charge on any atom is 0.326 e. The number of nitrogens with zero attached hydrogens (tertiary/aromatic N) is 2. The molecule has 0 saturated carbocycles. The molecule has 22 heteroatoms. The Bertz CT molecular complexity index is 2070. The van der Waals surface area contributed by atoms with Crippen LogP contribution in [0.1, 0.15) is 63.3 Å². The van der Waals surface area contributed by atoms with E-state index in [1.54, 1.807) is 60.7 Å². The predicted octanol–water partition coefficient (Wildman–Crippen LogP) is -1.01. The van der Waals surface area contributed by atoms with Gasteiger partial charge < -0.3 is 64.3 Å². The number of carboxylic acid groups (broad SMARTS) is 1. The molecule has 0 bridgehead atoms. The number of carboxylic acids is 1. The summed E-state index contributed by atoms with van der Waals surface area (Å²) in [5.74, 6) is -5.69. The zero-order valence-corrected chi connectivity index (χ0v) is 39.1. The third kappa shape index (κ3) is 19.9. The fraction of sp³-hybridized carbons (Fsp3) is 0.489. The number of aromatic amines is 1. The number of benzene rings is 2. The SMILES string of the molecule is CSCC[C@H](NC(=O)[C@@H](N)[C@@H](C)O)C(=O)N[C@@H](Cc1cnc[nH]1)C(=O)N[C@@H](Cc1ccccc1)C(=O)N[C@@H](CC(C)C)C(=O)N[C@@H](Cc1ccccc1)C(=O)N[C@@H](CCCN=C(N)N)C(=O)O. The molecule has 15 N–H and O–H groups in total. The highest BCUT2D eigenvalue weighted by Crippen LogP contribution is 2.12. The van der Waals surface area contributed by atoms with Gasteiger partial charge in [0.25, 0.3) is 0 Å². The van der Waals surface area contributed by atoms with Gasteiger partial charge in [-0.15, -0.1) is 0 Å². The molecule has 1 heterocycles. The van der Waals surface area contributed by atoms with Gasteiger partial charge in [0, 0.05) is 37.7 Å². The van der Waals surface area contributed by atoms with Gasteiger partial charge in [0.1, 0.15) is 42.3 Å². The maximum absolute atomic E-state index is 14.4. The molecule has 2 aromatic carbocycles. The van der Waals surface area contributed by atoms with Crippen molar-refractivity contribution in [2.24, 2.45) is 28.1 Å². The second-order valence-corrected chi connectivity index (χ2v) is 17.5. The Balaban J connectivity index is 1.93. The van der Waals surface area contributed by atoms with Gasteiger partial charge in [-0.25, -0.2) is 9.78 Å². The standard InChI is InChI=1S/C45H66N12O9S/c1-26(2)20-33(39(60)55-34(21-28-12-7-5-8-13-28)40(61)53-32(44(65)66)16-11-18-50-45(47)48)54-41(62)35(22-29-14-9-6-10-15-29)56-42(63)36(23-30-24-49-25-51-30)57-38(59)31(17-19-67-4)52-43(64)37(46)27(3)58/h5-10,12-15,24-27,31-37,58H,11,16-23,46H2,1-4H3,(H,49,51)(H,52,64)(H,53,61)(H,54,62)(H,55,60)(H,56,63)(H,57,59)(H,65,66)(H4,47,48,50)/t27-,31+,32+,33+,34+,35+,36+,37+/m1/s1. The van der Waals surface area contributed by atoms with Gasteiger partial charge in [-0.3, -0.25) is 33.8 Å². The largest absolute Gasteiger partial charge is 0.480 e. The highest BCUT2D eigenvalue weighted by molar-refractivity contribution is 7.98. The van der Waals surface area contributed by atoms with Crippen LogP contribution in [0.2, 0.25) is 0 Å². The average Bonchev–Trinajstić information content (AvgIpc) is 3.80. The van der Waals surface area contributed by atoms with E-state index in [1.165, 1.54) is 31.2 Å². The number of imidazole rings is 1. The van der Waals surface area contributed by atoms with Crippen molar-refractivity contribution in [2.45, 2.75) is 114 Å². The minimum absolute atomic E-state index is 0.00925. The number of guanidine groups is 1. The molecule has 0 aliphatic carbocycles. The second kappa shape index (κ2) is 28.5. The molecule has 3 aromatic rings. The number of hydrogen-bond acceptors (Lipinski definition) is 12. The quantitative estimate of drug-likeness (QED) is 0.0226. The van der Waals surface area contributed by atoms with Gasteiger partial charge in [-0.2, -0.15) is 11.8 Å². The number of aromatic nitrogens is 2. The highest BCUT2D eigenvalue weighted by atomic mass is 32.2. The van der Waals surface area contributed by atoms with Crippen molar-refractivity contribution in [3.05, 3.63) is 90.0 Å². The van der Waals surface area contributed by atoms with Crippen molar-refractivity contribution in [1.82, 2.24) is 41.9 Å². The van der Waals surface area contributed by atoms with Crippen LogP contribution in [0.25, 0.3) is 0 Å². The number of thioether (sulfide) groups is 1. The Labute approximate surface area is 394 Å². The first-order chi connectivity index (χ1) is 31.9. The van der Waals surface area contributed by atoms with Gasteiger partial charge in [0.15, 0.2) is 5.96 Å². The Morgan fingerprint density at radius 3 is 1.58 bits per heavy atom. The van der Waals surface area contributed by atoms with Crippen LogP contribution < -0.4 is 49.1 Å². The Morgan fingerprint density at radius 1 is 0.672 bits per heavy atom. The van der Waals surface area contributed by atoms with Crippen LogP contribution in [0.5, 0.6) is 0 Å². The Kier molecular flexibility index (Phi) is 23.3. The molecule has 67 heavy (non-hydrogen) atoms. The lowest BCUT2D eigenvalue weighted by molar-refractivity contribution is -0.142. The summed E-state index contributed by atoms with van der Waals surface area (Å²) in [6.45, 7) is 5.14. The first kappa shape index (κ1) is 54.8. The van der Waals surface area contributed by atoms with Crippen LogP contribution >= 0.6 is 11.8 Å². The van der Waals surface area contributed by atoms with Crippen molar-refractivity contribution in [2.75, 3.05) is 18.6 Å². The number of aliphatic hydroxyl groups excluding tert-OH is 1. The van der Waals surface area contributed by atoms with Gasteiger partial charge in [-0.1, -0.05) is 74.5 Å². The van der Waals surface area contributed by atoms with Crippen molar-refractivity contribution >= 4 is 59.1 Å². The smallest absolute Gasteiger partial charge is 0.326 e. The first-order valence-corrected chi connectivity index (χ1v) is 23.4. The van der Waals surface area contributed by atoms with Crippen molar-refractivity contribution in [1.29, 1.82) is 0 Å². The minimum atomic E-state index is -1.33. The number of H-pyrrole nitrogens is 1. The molecule has 366 valence electrons. The summed E-state index contributed by atoms with van der Waals surface area (Å²) in [7, 11) is 0. The minimum Gasteiger partial charge on any atom is -0.480 e. The van der Waals surface area contributed by atoms with Gasteiger partial charge >= 0.3 is 5.97 Å². The number of carbonyl (C=O) groups is 7. The predicted molar refractivity (Wildman–Crippen MR) is 254 cm³/mol. The Hall–Kier alpha value is -6.52. The lowest BCUT2D eigenvalue weighted by Crippen LogP contribution is -2.61. The van der Waals surface area contributed by atoms with E-state index in [9.17, 15) is 43.8 Å². The Morgan fingerprint density at radius 2 is 1.13 bits per heavy atom. The molecule has 0 radical (unpaired) electrons. The van der Waals surface area contributed by atoms with E-state index in [0.717, 1.165) is 0 Å². The van der Waals surface area contributed by atoms with Crippen molar-refractivity contribution < 1.29 is 43.8 Å². The van der Waals surface area contributed by atoms with E-state index in [-0.39, 0.29) is 63.4 Å². The van der Waals surface area contributed by atoms with Crippen LogP contribution in [0.15, 0.2) is 78.2 Å².